The highest BCUT2D eigenvalue weighted by atomic mass is 14.3. The summed E-state index contributed by atoms with van der Waals surface area (Å²) in [4.78, 5) is 0. The minimum Gasteiger partial charge on any atom is -0.0668 e. The second kappa shape index (κ2) is 1.77. The standard InChI is InChI=1S/C8H17B/c1-7(2)5-6-8(3,4)9-7/h9H,5-6H2,1-4H3. The molecule has 0 nitrogen and oxygen atoms in total. The second-order valence-corrected chi connectivity index (χ2v) is 5.01. The van der Waals surface area contributed by atoms with Gasteiger partial charge < -0.3 is 0 Å². The van der Waals surface area contributed by atoms with E-state index in [1.807, 2.05) is 0 Å². The van der Waals surface area contributed by atoms with Crippen molar-refractivity contribution < 1.29 is 0 Å². The Morgan fingerprint density at radius 3 is 1.33 bits per heavy atom. The van der Waals surface area contributed by atoms with Crippen molar-refractivity contribution in [2.45, 2.75) is 51.2 Å². The van der Waals surface area contributed by atoms with Gasteiger partial charge in [0.2, 0.25) is 0 Å². The molecule has 1 heterocycles. The van der Waals surface area contributed by atoms with E-state index in [1.165, 1.54) is 20.1 Å². The first-order chi connectivity index (χ1) is 3.91. The van der Waals surface area contributed by atoms with Crippen molar-refractivity contribution in [2.75, 3.05) is 0 Å². The monoisotopic (exact) mass is 124 g/mol. The van der Waals surface area contributed by atoms with Gasteiger partial charge in [0, 0.05) is 0 Å². The van der Waals surface area contributed by atoms with E-state index in [9.17, 15) is 0 Å². The van der Waals surface area contributed by atoms with Crippen molar-refractivity contribution >= 4 is 7.28 Å². The van der Waals surface area contributed by atoms with E-state index in [1.54, 1.807) is 0 Å². The molecule has 0 aromatic carbocycles. The molecule has 1 fully saturated rings. The molecule has 1 rings (SSSR count). The molecule has 0 bridgehead atoms. The van der Waals surface area contributed by atoms with Crippen LogP contribution in [0.25, 0.3) is 0 Å². The lowest BCUT2D eigenvalue weighted by Crippen LogP contribution is -2.12. The van der Waals surface area contributed by atoms with Gasteiger partial charge in [-0.15, -0.1) is 0 Å². The van der Waals surface area contributed by atoms with Crippen molar-refractivity contribution in [3.8, 4) is 0 Å². The Hall–Kier alpha value is 0.0649. The summed E-state index contributed by atoms with van der Waals surface area (Å²) in [5.74, 6) is 0. The predicted octanol–water partition coefficient (Wildman–Crippen LogP) is 2.61. The molecule has 1 heteroatoms. The van der Waals surface area contributed by atoms with Gasteiger partial charge in [-0.2, -0.15) is 0 Å². The highest BCUT2D eigenvalue weighted by molar-refractivity contribution is 6.44. The van der Waals surface area contributed by atoms with Crippen molar-refractivity contribution in [1.82, 2.24) is 0 Å². The molecule has 0 amide bonds. The maximum Gasteiger partial charge on any atom is 0.134 e. The van der Waals surface area contributed by atoms with Crippen LogP contribution in [0.5, 0.6) is 0 Å². The van der Waals surface area contributed by atoms with Gasteiger partial charge in [-0.1, -0.05) is 51.2 Å². The van der Waals surface area contributed by atoms with Crippen molar-refractivity contribution in [1.29, 1.82) is 0 Å². The molecule has 0 aromatic rings. The van der Waals surface area contributed by atoms with Gasteiger partial charge in [0.25, 0.3) is 0 Å². The second-order valence-electron chi connectivity index (χ2n) is 5.01. The lowest BCUT2D eigenvalue weighted by molar-refractivity contribution is 0.577. The Morgan fingerprint density at radius 2 is 1.22 bits per heavy atom. The third-order valence-electron chi connectivity index (χ3n) is 2.44. The molecule has 52 valence electrons. The quantitative estimate of drug-likeness (QED) is 0.435. The average Bonchev–Trinajstić information content (AvgIpc) is 1.78. The normalized spacial score (nSPS) is 29.8. The zero-order valence-corrected chi connectivity index (χ0v) is 7.12. The van der Waals surface area contributed by atoms with E-state index in [0.717, 1.165) is 0 Å². The summed E-state index contributed by atoms with van der Waals surface area (Å²) in [5, 5.41) is 1.26. The Balaban J connectivity index is 2.58. The summed E-state index contributed by atoms with van der Waals surface area (Å²) in [6.45, 7) is 9.51. The predicted molar refractivity (Wildman–Crippen MR) is 44.5 cm³/mol. The van der Waals surface area contributed by atoms with Crippen LogP contribution in [0.1, 0.15) is 40.5 Å². The minimum absolute atomic E-state index is 0.628. The van der Waals surface area contributed by atoms with Gasteiger partial charge in [0.15, 0.2) is 0 Å². The summed E-state index contributed by atoms with van der Waals surface area (Å²) in [6, 6.07) is 0. The SMILES string of the molecule is CC1(C)BC(C)(C)CC1. The van der Waals surface area contributed by atoms with E-state index in [2.05, 4.69) is 27.7 Å². The average molecular weight is 124 g/mol. The van der Waals surface area contributed by atoms with Crippen LogP contribution >= 0.6 is 0 Å². The summed E-state index contributed by atoms with van der Waals surface area (Å²) >= 11 is 0. The molecular formula is C8H17B. The fraction of sp³-hybridized carbons (Fsp3) is 1.00. The first kappa shape index (κ1) is 7.18. The molecule has 0 saturated carbocycles. The highest BCUT2D eigenvalue weighted by Crippen LogP contribution is 2.50. The highest BCUT2D eigenvalue weighted by Gasteiger charge is 2.37. The molecule has 0 atom stereocenters. The van der Waals surface area contributed by atoms with Crippen LogP contribution in [0.15, 0.2) is 0 Å². The number of rotatable bonds is 0. The van der Waals surface area contributed by atoms with Gasteiger partial charge >= 0.3 is 0 Å². The molecule has 0 aliphatic carbocycles. The van der Waals surface area contributed by atoms with Crippen molar-refractivity contribution in [2.24, 2.45) is 0 Å². The summed E-state index contributed by atoms with van der Waals surface area (Å²) in [5.41, 5.74) is 0. The largest absolute Gasteiger partial charge is 0.134 e. The van der Waals surface area contributed by atoms with Crippen LogP contribution in [0, 0.1) is 0 Å². The molecule has 1 saturated heterocycles. The molecule has 0 spiro atoms. The van der Waals surface area contributed by atoms with Crippen LogP contribution in [-0.2, 0) is 0 Å². The molecule has 9 heavy (non-hydrogen) atoms. The molecule has 1 aliphatic heterocycles. The first-order valence-corrected chi connectivity index (χ1v) is 3.91. The first-order valence-electron chi connectivity index (χ1n) is 3.91. The van der Waals surface area contributed by atoms with Gasteiger partial charge in [0.1, 0.15) is 7.28 Å². The molecular weight excluding hydrogens is 107 g/mol. The van der Waals surface area contributed by atoms with E-state index in [0.29, 0.717) is 10.6 Å². The Kier molecular flexibility index (Phi) is 1.41. The van der Waals surface area contributed by atoms with Crippen LogP contribution in [0.2, 0.25) is 10.6 Å². The zero-order valence-electron chi connectivity index (χ0n) is 7.12. The van der Waals surface area contributed by atoms with Crippen molar-refractivity contribution in [3.05, 3.63) is 0 Å². The third-order valence-corrected chi connectivity index (χ3v) is 2.44. The van der Waals surface area contributed by atoms with Crippen molar-refractivity contribution in [3.63, 3.8) is 0 Å². The summed E-state index contributed by atoms with van der Waals surface area (Å²) in [6.07, 6.45) is 2.83. The van der Waals surface area contributed by atoms with Gasteiger partial charge in [0.05, 0.1) is 0 Å². The van der Waals surface area contributed by atoms with Gasteiger partial charge in [-0.3, -0.25) is 0 Å². The molecule has 1 aliphatic rings. The molecule has 0 N–H and O–H groups in total. The van der Waals surface area contributed by atoms with E-state index < -0.39 is 0 Å². The Labute approximate surface area is 59.3 Å². The topological polar surface area (TPSA) is 0 Å². The maximum atomic E-state index is 2.38. The smallest absolute Gasteiger partial charge is 0.0668 e. The Bertz CT molecular complexity index is 99.7. The fourth-order valence-corrected chi connectivity index (χ4v) is 2.15. The molecule has 0 unspecified atom stereocenters. The Morgan fingerprint density at radius 1 is 0.889 bits per heavy atom. The van der Waals surface area contributed by atoms with E-state index >= 15 is 0 Å². The van der Waals surface area contributed by atoms with Crippen LogP contribution in [0.4, 0.5) is 0 Å². The lowest BCUT2D eigenvalue weighted by Gasteiger charge is -2.18. The zero-order chi connectivity index (χ0) is 7.12. The molecule has 0 aromatic heterocycles. The summed E-state index contributed by atoms with van der Waals surface area (Å²) < 4.78 is 0. The number of hydrogen-bond donors (Lipinski definition) is 0. The van der Waals surface area contributed by atoms with E-state index in [-0.39, 0.29) is 0 Å². The third kappa shape index (κ3) is 1.74. The number of hydrogen-bond acceptors (Lipinski definition) is 0. The lowest BCUT2D eigenvalue weighted by atomic mass is 9.46. The van der Waals surface area contributed by atoms with Gasteiger partial charge in [-0.25, -0.2) is 0 Å². The summed E-state index contributed by atoms with van der Waals surface area (Å²) in [7, 11) is 1.40. The van der Waals surface area contributed by atoms with Crippen LogP contribution in [0.3, 0.4) is 0 Å². The van der Waals surface area contributed by atoms with Gasteiger partial charge in [-0.05, 0) is 0 Å². The van der Waals surface area contributed by atoms with E-state index in [4.69, 9.17) is 0 Å². The fourth-order valence-electron chi connectivity index (χ4n) is 2.15. The van der Waals surface area contributed by atoms with Crippen LogP contribution < -0.4 is 0 Å². The maximum absolute atomic E-state index is 2.38. The van der Waals surface area contributed by atoms with Crippen LogP contribution in [-0.4, -0.2) is 7.28 Å². The molecule has 0 radical (unpaired) electrons. The minimum atomic E-state index is 0.628.